The Morgan fingerprint density at radius 3 is 1.65 bits per heavy atom. The van der Waals surface area contributed by atoms with Crippen molar-refractivity contribution >= 4 is 0 Å². The fourth-order valence-corrected chi connectivity index (χ4v) is 7.60. The summed E-state index contributed by atoms with van der Waals surface area (Å²) in [6.45, 7) is 12.3. The first-order valence-electron chi connectivity index (χ1n) is 6.55. The van der Waals surface area contributed by atoms with Crippen molar-refractivity contribution in [2.45, 2.75) is 4.13 Å². The molecule has 0 fully saturated rings. The summed E-state index contributed by atoms with van der Waals surface area (Å²) >= 11 is -3.66. The molecule has 20 heavy (non-hydrogen) atoms. The van der Waals surface area contributed by atoms with Crippen LogP contribution < -0.4 is 0 Å². The molecule has 3 nitrogen and oxygen atoms in total. The van der Waals surface area contributed by atoms with Crippen LogP contribution in [0, 0.1) is 0 Å². The van der Waals surface area contributed by atoms with E-state index in [1.54, 1.807) is 18.2 Å². The average Bonchev–Trinajstić information content (AvgIpc) is 2.49. The predicted molar refractivity (Wildman–Crippen MR) is 78.6 cm³/mol. The molecule has 0 N–H and O–H groups in total. The van der Waals surface area contributed by atoms with Gasteiger partial charge in [0, 0.05) is 0 Å². The summed E-state index contributed by atoms with van der Waals surface area (Å²) in [7, 11) is 0. The van der Waals surface area contributed by atoms with Crippen molar-refractivity contribution < 1.29 is 30.0 Å². The molecule has 0 radical (unpaired) electrons. The van der Waals surface area contributed by atoms with Crippen LogP contribution in [0.4, 0.5) is 0 Å². The first kappa shape index (κ1) is 17.3. The Balaban J connectivity index is 2.88. The van der Waals surface area contributed by atoms with Crippen LogP contribution in [-0.2, 0) is 34.2 Å². The Morgan fingerprint density at radius 1 is 0.800 bits per heavy atom. The fraction of sp³-hybridized carbons (Fsp3) is 0.250. The summed E-state index contributed by atoms with van der Waals surface area (Å²) in [5.41, 5.74) is 1.15. The molecule has 0 aliphatic carbocycles. The van der Waals surface area contributed by atoms with Crippen molar-refractivity contribution in [2.24, 2.45) is 0 Å². The monoisotopic (exact) mass is 352 g/mol. The van der Waals surface area contributed by atoms with Crippen LogP contribution in [0.25, 0.3) is 0 Å². The molecule has 0 aliphatic heterocycles. The molecule has 1 aromatic rings. The van der Waals surface area contributed by atoms with Gasteiger partial charge in [0.1, 0.15) is 0 Å². The molecule has 0 bridgehead atoms. The Kier molecular flexibility index (Phi) is 8.63. The van der Waals surface area contributed by atoms with Crippen molar-refractivity contribution in [3.8, 4) is 0 Å². The van der Waals surface area contributed by atoms with E-state index in [9.17, 15) is 0 Å². The normalized spacial score (nSPS) is 11.0. The average molecular weight is 354 g/mol. The maximum atomic E-state index is 5.94. The quantitative estimate of drug-likeness (QED) is 0.568. The molecule has 0 aliphatic rings. The second kappa shape index (κ2) is 10.0. The van der Waals surface area contributed by atoms with Crippen LogP contribution in [0.3, 0.4) is 0 Å². The van der Waals surface area contributed by atoms with Crippen molar-refractivity contribution in [3.05, 3.63) is 73.9 Å². The molecular weight excluding hydrogens is 331 g/mol. The molecule has 0 amide bonds. The van der Waals surface area contributed by atoms with Gasteiger partial charge < -0.3 is 0 Å². The van der Waals surface area contributed by atoms with E-state index in [-0.39, 0.29) is 0 Å². The standard InChI is InChI=1S/C7H7.3C3H5O.Zr/c1-7-5-3-2-4-6-7;3*1-2-3-4;/h2-6H,1H2;3*2H,1,3H2;/q;3*-1;+3. The van der Waals surface area contributed by atoms with E-state index in [1.165, 1.54) is 0 Å². The molecule has 0 atom stereocenters. The topological polar surface area (TPSA) is 27.7 Å². The third-order valence-electron chi connectivity index (χ3n) is 2.53. The summed E-state index contributed by atoms with van der Waals surface area (Å²) < 4.78 is 18.5. The van der Waals surface area contributed by atoms with Crippen LogP contribution in [0.5, 0.6) is 0 Å². The van der Waals surface area contributed by atoms with Crippen molar-refractivity contribution in [1.29, 1.82) is 0 Å². The van der Waals surface area contributed by atoms with Gasteiger partial charge in [-0.15, -0.1) is 0 Å². The van der Waals surface area contributed by atoms with E-state index in [0.29, 0.717) is 23.9 Å². The summed E-state index contributed by atoms with van der Waals surface area (Å²) in [5, 5.41) is 0. The van der Waals surface area contributed by atoms with Gasteiger partial charge in [0.2, 0.25) is 0 Å². The zero-order chi connectivity index (χ0) is 14.7. The molecular formula is C16H22O3Zr. The molecule has 0 heterocycles. The zero-order valence-electron chi connectivity index (χ0n) is 11.8. The molecule has 108 valence electrons. The fourth-order valence-electron chi connectivity index (χ4n) is 1.68. The second-order valence-electron chi connectivity index (χ2n) is 4.14. The van der Waals surface area contributed by atoms with Crippen LogP contribution in [0.2, 0.25) is 0 Å². The van der Waals surface area contributed by atoms with Gasteiger partial charge in [-0.1, -0.05) is 0 Å². The van der Waals surface area contributed by atoms with Gasteiger partial charge in [-0.3, -0.25) is 0 Å². The zero-order valence-corrected chi connectivity index (χ0v) is 14.3. The number of rotatable bonds is 11. The summed E-state index contributed by atoms with van der Waals surface area (Å²) in [6, 6.07) is 10.1. The van der Waals surface area contributed by atoms with Gasteiger partial charge in [0.05, 0.1) is 0 Å². The number of benzene rings is 1. The molecule has 0 unspecified atom stereocenters. The summed E-state index contributed by atoms with van der Waals surface area (Å²) in [6.07, 6.45) is 5.14. The Labute approximate surface area is 127 Å². The molecule has 4 heteroatoms. The summed E-state index contributed by atoms with van der Waals surface area (Å²) in [5.74, 6) is 0. The second-order valence-corrected chi connectivity index (χ2v) is 10.5. The van der Waals surface area contributed by atoms with E-state index in [2.05, 4.69) is 31.9 Å². The third kappa shape index (κ3) is 6.10. The van der Waals surface area contributed by atoms with E-state index < -0.39 is 21.6 Å². The van der Waals surface area contributed by atoms with Crippen LogP contribution in [0.1, 0.15) is 5.56 Å². The van der Waals surface area contributed by atoms with E-state index >= 15 is 0 Å². The first-order valence-corrected chi connectivity index (χ1v) is 11.3. The van der Waals surface area contributed by atoms with Crippen molar-refractivity contribution in [2.75, 3.05) is 19.8 Å². The predicted octanol–water partition coefficient (Wildman–Crippen LogP) is 3.69. The van der Waals surface area contributed by atoms with Gasteiger partial charge >= 0.3 is 128 Å². The Bertz CT molecular complexity index is 386. The van der Waals surface area contributed by atoms with Crippen LogP contribution >= 0.6 is 0 Å². The molecule has 0 saturated carbocycles. The molecule has 0 saturated heterocycles. The van der Waals surface area contributed by atoms with Gasteiger partial charge in [-0.25, -0.2) is 0 Å². The van der Waals surface area contributed by atoms with E-state index in [1.807, 2.05) is 18.2 Å². The first-order chi connectivity index (χ1) is 9.76. The number of hydrogen-bond acceptors (Lipinski definition) is 3. The van der Waals surface area contributed by atoms with Gasteiger partial charge in [0.25, 0.3) is 0 Å². The summed E-state index contributed by atoms with van der Waals surface area (Å²) in [4.78, 5) is 0. The Hall–Kier alpha value is -0.797. The molecule has 0 aromatic heterocycles. The van der Waals surface area contributed by atoms with Gasteiger partial charge in [-0.05, 0) is 0 Å². The van der Waals surface area contributed by atoms with E-state index in [0.717, 1.165) is 5.56 Å². The van der Waals surface area contributed by atoms with Gasteiger partial charge in [0.15, 0.2) is 0 Å². The van der Waals surface area contributed by atoms with Crippen LogP contribution in [0.15, 0.2) is 68.3 Å². The molecule has 0 spiro atoms. The minimum atomic E-state index is -3.66. The van der Waals surface area contributed by atoms with Crippen LogP contribution in [-0.4, -0.2) is 19.8 Å². The third-order valence-corrected chi connectivity index (χ3v) is 9.07. The SMILES string of the molecule is C=CC[O][Zr]([CH2]c1ccccc1)([O]CC=C)[O]CC=C. The molecule has 1 aromatic carbocycles. The van der Waals surface area contributed by atoms with Crippen molar-refractivity contribution in [1.82, 2.24) is 0 Å². The van der Waals surface area contributed by atoms with E-state index in [4.69, 9.17) is 8.44 Å². The van der Waals surface area contributed by atoms with Gasteiger partial charge in [-0.2, -0.15) is 0 Å². The minimum absolute atomic E-state index is 0.428. The van der Waals surface area contributed by atoms with Crippen molar-refractivity contribution in [3.63, 3.8) is 0 Å². The number of hydrogen-bond donors (Lipinski definition) is 0. The maximum absolute atomic E-state index is 5.94. The Morgan fingerprint density at radius 2 is 1.25 bits per heavy atom. The molecule has 1 rings (SSSR count).